The molecule has 2 aromatic carbocycles. The summed E-state index contributed by atoms with van der Waals surface area (Å²) in [6.45, 7) is 1.39. The van der Waals surface area contributed by atoms with Gasteiger partial charge in [0.15, 0.2) is 0 Å². The van der Waals surface area contributed by atoms with Crippen molar-refractivity contribution in [3.05, 3.63) is 71.8 Å². The molecule has 0 radical (unpaired) electrons. The van der Waals surface area contributed by atoms with Gasteiger partial charge in [-0.05, 0) is 47.5 Å². The van der Waals surface area contributed by atoms with Gasteiger partial charge in [0.2, 0.25) is 26.0 Å². The summed E-state index contributed by atoms with van der Waals surface area (Å²) in [6, 6.07) is 12.2. The highest BCUT2D eigenvalue weighted by atomic mass is 79.9. The Kier molecular flexibility index (Phi) is 9.07. The predicted octanol–water partition coefficient (Wildman–Crippen LogP) is 1.19. The van der Waals surface area contributed by atoms with Crippen LogP contribution in [0.1, 0.15) is 11.1 Å². The van der Waals surface area contributed by atoms with Gasteiger partial charge in [-0.3, -0.25) is 0 Å². The molecular formula is C20H23BrN6O4S2. The monoisotopic (exact) mass is 554 g/mol. The van der Waals surface area contributed by atoms with E-state index in [0.29, 0.717) is 18.2 Å². The summed E-state index contributed by atoms with van der Waals surface area (Å²) in [4.78, 5) is 4.26. The van der Waals surface area contributed by atoms with E-state index in [-0.39, 0.29) is 26.8 Å². The number of hydrazone groups is 1. The van der Waals surface area contributed by atoms with E-state index in [1.54, 1.807) is 48.6 Å². The van der Waals surface area contributed by atoms with Crippen LogP contribution in [0, 0.1) is 0 Å². The van der Waals surface area contributed by atoms with Crippen molar-refractivity contribution in [2.24, 2.45) is 20.4 Å². The number of sulfonamides is 2. The molecule has 0 amide bonds. The van der Waals surface area contributed by atoms with Crippen molar-refractivity contribution in [2.45, 2.75) is 9.79 Å². The van der Waals surface area contributed by atoms with Crippen LogP contribution in [0.25, 0.3) is 12.2 Å². The summed E-state index contributed by atoms with van der Waals surface area (Å²) in [6.07, 6.45) is 6.96. The standard InChI is InChI=1S/C20H22N6O4S2.BrH/c21-31(27,28)18-9-3-15(4-10-18)1-7-17(25-26-20-23-13-14-24-20)8-2-16-5-11-19(12-6-16)32(22,29)30;/h1-12H,13-14H2,(H2,21,27,28)(H2,22,29,30)(H2,23,24,26);1H. The third kappa shape index (κ3) is 8.22. The molecule has 6 N–H and O–H groups in total. The van der Waals surface area contributed by atoms with Gasteiger partial charge in [-0.15, -0.1) is 17.0 Å². The zero-order chi connectivity index (χ0) is 23.2. The topological polar surface area (TPSA) is 169 Å². The number of nitrogens with zero attached hydrogens (tertiary/aromatic N) is 2. The quantitative estimate of drug-likeness (QED) is 0.296. The maximum atomic E-state index is 11.4. The van der Waals surface area contributed by atoms with Crippen molar-refractivity contribution >= 4 is 60.9 Å². The Bertz CT molecular complexity index is 1210. The van der Waals surface area contributed by atoms with Crippen LogP contribution in [0.4, 0.5) is 0 Å². The summed E-state index contributed by atoms with van der Waals surface area (Å²) in [5.41, 5.74) is 4.87. The molecule has 1 heterocycles. The summed E-state index contributed by atoms with van der Waals surface area (Å²) in [5, 5.41) is 17.6. The van der Waals surface area contributed by atoms with Crippen LogP contribution < -0.4 is 21.0 Å². The third-order valence-electron chi connectivity index (χ3n) is 4.28. The molecule has 176 valence electrons. The van der Waals surface area contributed by atoms with Crippen molar-refractivity contribution in [1.29, 1.82) is 0 Å². The second kappa shape index (κ2) is 11.3. The van der Waals surface area contributed by atoms with Gasteiger partial charge < -0.3 is 5.32 Å². The number of hydrogen-bond donors (Lipinski definition) is 4. The molecule has 0 fully saturated rings. The minimum absolute atomic E-state index is 0. The van der Waals surface area contributed by atoms with E-state index in [9.17, 15) is 16.8 Å². The molecule has 0 bridgehead atoms. The fourth-order valence-corrected chi connectivity index (χ4v) is 3.65. The number of allylic oxidation sites excluding steroid dienone is 2. The SMILES string of the molecule is Br.NS(=O)(=O)c1ccc(C=CC(C=Cc2ccc(S(N)(=O)=O)cc2)=NNC2=NCCN2)cc1. The first-order valence-electron chi connectivity index (χ1n) is 9.35. The molecule has 0 saturated heterocycles. The molecular weight excluding hydrogens is 532 g/mol. The number of nitrogens with one attached hydrogen (secondary N) is 2. The number of guanidine groups is 1. The second-order valence-electron chi connectivity index (χ2n) is 6.70. The van der Waals surface area contributed by atoms with Gasteiger partial charge in [-0.1, -0.05) is 36.4 Å². The summed E-state index contributed by atoms with van der Waals surface area (Å²) in [5.74, 6) is 0.555. The zero-order valence-electron chi connectivity index (χ0n) is 17.2. The van der Waals surface area contributed by atoms with Crippen LogP contribution in [0.2, 0.25) is 0 Å². The largest absolute Gasteiger partial charge is 0.353 e. The molecule has 0 aliphatic carbocycles. The molecule has 3 rings (SSSR count). The Balaban J connectivity index is 0.00000385. The lowest BCUT2D eigenvalue weighted by atomic mass is 10.1. The minimum atomic E-state index is -3.76. The summed E-state index contributed by atoms with van der Waals surface area (Å²) >= 11 is 0. The Morgan fingerprint density at radius 1 is 0.879 bits per heavy atom. The molecule has 10 nitrogen and oxygen atoms in total. The number of hydrogen-bond acceptors (Lipinski definition) is 8. The fraction of sp³-hybridized carbons (Fsp3) is 0.100. The number of primary sulfonamides is 2. The molecule has 1 aliphatic heterocycles. The fourth-order valence-electron chi connectivity index (χ4n) is 2.62. The van der Waals surface area contributed by atoms with Gasteiger partial charge in [0.1, 0.15) is 0 Å². The molecule has 0 aromatic heterocycles. The highest BCUT2D eigenvalue weighted by Crippen LogP contribution is 2.12. The van der Waals surface area contributed by atoms with Gasteiger partial charge >= 0.3 is 0 Å². The normalized spacial score (nSPS) is 13.9. The smallest absolute Gasteiger partial charge is 0.238 e. The average Bonchev–Trinajstić information content (AvgIpc) is 3.26. The lowest BCUT2D eigenvalue weighted by Gasteiger charge is -2.02. The lowest BCUT2D eigenvalue weighted by molar-refractivity contribution is 0.596. The number of aliphatic imine (C=N–C) groups is 1. The van der Waals surface area contributed by atoms with Gasteiger partial charge in [0, 0.05) is 6.54 Å². The van der Waals surface area contributed by atoms with E-state index in [1.165, 1.54) is 24.3 Å². The van der Waals surface area contributed by atoms with E-state index >= 15 is 0 Å². The molecule has 1 aliphatic rings. The molecule has 0 saturated carbocycles. The predicted molar refractivity (Wildman–Crippen MR) is 135 cm³/mol. The van der Waals surface area contributed by atoms with Crippen LogP contribution in [0.5, 0.6) is 0 Å². The third-order valence-corrected chi connectivity index (χ3v) is 6.13. The van der Waals surface area contributed by atoms with Crippen molar-refractivity contribution in [2.75, 3.05) is 13.1 Å². The highest BCUT2D eigenvalue weighted by molar-refractivity contribution is 8.93. The number of rotatable bonds is 7. The average molecular weight is 555 g/mol. The molecule has 2 aromatic rings. The highest BCUT2D eigenvalue weighted by Gasteiger charge is 2.07. The van der Waals surface area contributed by atoms with Crippen LogP contribution >= 0.6 is 17.0 Å². The minimum Gasteiger partial charge on any atom is -0.353 e. The first kappa shape index (κ1) is 26.4. The van der Waals surface area contributed by atoms with E-state index in [1.807, 2.05) is 0 Å². The van der Waals surface area contributed by atoms with Gasteiger partial charge in [0.25, 0.3) is 0 Å². The summed E-state index contributed by atoms with van der Waals surface area (Å²) < 4.78 is 45.5. The first-order chi connectivity index (χ1) is 15.1. The molecule has 0 unspecified atom stereocenters. The Labute approximate surface area is 203 Å². The zero-order valence-corrected chi connectivity index (χ0v) is 20.6. The van der Waals surface area contributed by atoms with Crippen molar-refractivity contribution in [1.82, 2.24) is 10.7 Å². The molecule has 0 atom stereocenters. The van der Waals surface area contributed by atoms with Gasteiger partial charge in [0.05, 0.1) is 22.0 Å². The van der Waals surface area contributed by atoms with Crippen molar-refractivity contribution in [3.63, 3.8) is 0 Å². The maximum absolute atomic E-state index is 11.4. The Hall–Kier alpha value is -2.84. The number of benzene rings is 2. The molecule has 13 heteroatoms. The Morgan fingerprint density at radius 3 is 1.70 bits per heavy atom. The van der Waals surface area contributed by atoms with Crippen molar-refractivity contribution < 1.29 is 16.8 Å². The summed E-state index contributed by atoms with van der Waals surface area (Å²) in [7, 11) is -7.51. The van der Waals surface area contributed by atoms with Gasteiger partial charge in [-0.2, -0.15) is 5.10 Å². The van der Waals surface area contributed by atoms with Crippen LogP contribution in [0.3, 0.4) is 0 Å². The van der Waals surface area contributed by atoms with Gasteiger partial charge in [-0.25, -0.2) is 37.5 Å². The van der Waals surface area contributed by atoms with E-state index in [2.05, 4.69) is 20.8 Å². The van der Waals surface area contributed by atoms with E-state index in [0.717, 1.165) is 17.7 Å². The van der Waals surface area contributed by atoms with E-state index < -0.39 is 20.0 Å². The maximum Gasteiger partial charge on any atom is 0.238 e. The van der Waals surface area contributed by atoms with Crippen molar-refractivity contribution in [3.8, 4) is 0 Å². The molecule has 0 spiro atoms. The number of halogens is 1. The van der Waals surface area contributed by atoms with E-state index in [4.69, 9.17) is 10.3 Å². The Morgan fingerprint density at radius 2 is 1.33 bits per heavy atom. The lowest BCUT2D eigenvalue weighted by Crippen LogP contribution is -2.30. The molecule has 33 heavy (non-hydrogen) atoms. The number of nitrogens with two attached hydrogens (primary N) is 2. The van der Waals surface area contributed by atoms with Crippen LogP contribution in [-0.4, -0.2) is 41.6 Å². The first-order valence-corrected chi connectivity index (χ1v) is 12.4. The second-order valence-corrected chi connectivity index (χ2v) is 9.82. The van der Waals surface area contributed by atoms with Crippen LogP contribution in [0.15, 0.2) is 80.6 Å². The van der Waals surface area contributed by atoms with Crippen LogP contribution in [-0.2, 0) is 20.0 Å².